The molecule has 3 rings (SSSR count). The maximum Gasteiger partial charge on any atom is 0.361 e. The van der Waals surface area contributed by atoms with Crippen molar-refractivity contribution in [3.63, 3.8) is 0 Å². The Morgan fingerprint density at radius 1 is 1.10 bits per heavy atom. The molecular formula is C17H19O2S+. The lowest BCUT2D eigenvalue weighted by molar-refractivity contribution is 0.414. The van der Waals surface area contributed by atoms with Crippen molar-refractivity contribution in [1.82, 2.24) is 0 Å². The number of aryl methyl sites for hydroxylation is 1. The summed E-state index contributed by atoms with van der Waals surface area (Å²) in [6.45, 7) is 0. The highest BCUT2D eigenvalue weighted by molar-refractivity contribution is 7.98. The molecule has 0 atom stereocenters. The van der Waals surface area contributed by atoms with Gasteiger partial charge in [-0.15, -0.1) is 11.8 Å². The van der Waals surface area contributed by atoms with Gasteiger partial charge in [-0.2, -0.15) is 0 Å². The van der Waals surface area contributed by atoms with Gasteiger partial charge in [0.25, 0.3) is 0 Å². The fourth-order valence-electron chi connectivity index (χ4n) is 2.70. The smallest absolute Gasteiger partial charge is 0.361 e. The zero-order valence-electron chi connectivity index (χ0n) is 11.9. The third-order valence-corrected chi connectivity index (χ3v) is 4.61. The number of methoxy groups -OCH3 is 1. The number of ether oxygens (including phenoxy) is 1. The van der Waals surface area contributed by atoms with E-state index < -0.39 is 0 Å². The van der Waals surface area contributed by atoms with Gasteiger partial charge in [-0.05, 0) is 49.8 Å². The number of hydrogen-bond donors (Lipinski definition) is 0. The minimum atomic E-state index is 0.872. The molecule has 0 saturated heterocycles. The predicted molar refractivity (Wildman–Crippen MR) is 83.5 cm³/mol. The summed E-state index contributed by atoms with van der Waals surface area (Å²) in [5, 5.41) is 0. The number of benzene rings is 1. The standard InChI is InChI=1S/C17H19O2S/c1-18-13-9-7-12(8-10-13)16-11-17(20-2)14-5-3-4-6-15(14)19-16/h7-11H,3-6H2,1-2H3/q+1. The first-order valence-electron chi connectivity index (χ1n) is 6.99. The van der Waals surface area contributed by atoms with E-state index in [4.69, 9.17) is 9.15 Å². The molecule has 0 fully saturated rings. The number of rotatable bonds is 3. The van der Waals surface area contributed by atoms with Crippen LogP contribution in [0.3, 0.4) is 0 Å². The zero-order valence-corrected chi connectivity index (χ0v) is 12.8. The topological polar surface area (TPSA) is 20.5 Å². The molecule has 0 N–H and O–H groups in total. The second-order valence-corrected chi connectivity index (χ2v) is 5.86. The van der Waals surface area contributed by atoms with Crippen LogP contribution in [-0.4, -0.2) is 13.4 Å². The van der Waals surface area contributed by atoms with Crippen LogP contribution in [0.5, 0.6) is 5.75 Å². The Morgan fingerprint density at radius 2 is 1.85 bits per heavy atom. The van der Waals surface area contributed by atoms with E-state index in [1.807, 2.05) is 23.9 Å². The molecule has 1 heterocycles. The summed E-state index contributed by atoms with van der Waals surface area (Å²) >= 11 is 1.82. The van der Waals surface area contributed by atoms with Crippen LogP contribution < -0.4 is 4.74 Å². The molecular weight excluding hydrogens is 268 g/mol. The minimum absolute atomic E-state index is 0.872. The van der Waals surface area contributed by atoms with Crippen molar-refractivity contribution >= 4 is 11.8 Å². The Morgan fingerprint density at radius 3 is 2.55 bits per heavy atom. The molecule has 1 aliphatic rings. The van der Waals surface area contributed by atoms with E-state index in [9.17, 15) is 0 Å². The summed E-state index contributed by atoms with van der Waals surface area (Å²) in [7, 11) is 1.68. The quantitative estimate of drug-likeness (QED) is 0.595. The van der Waals surface area contributed by atoms with Gasteiger partial charge in [-0.25, -0.2) is 4.42 Å². The third kappa shape index (κ3) is 2.55. The van der Waals surface area contributed by atoms with E-state index >= 15 is 0 Å². The molecule has 0 aliphatic heterocycles. The Balaban J connectivity index is 2.04. The first kappa shape index (κ1) is 13.5. The fraction of sp³-hybridized carbons (Fsp3) is 0.353. The van der Waals surface area contributed by atoms with E-state index in [1.54, 1.807) is 7.11 Å². The van der Waals surface area contributed by atoms with Crippen molar-refractivity contribution < 1.29 is 9.15 Å². The highest BCUT2D eigenvalue weighted by atomic mass is 32.2. The van der Waals surface area contributed by atoms with Crippen molar-refractivity contribution in [2.45, 2.75) is 30.6 Å². The number of thioether (sulfide) groups is 1. The SMILES string of the molecule is COc1ccc(-c2cc(SC)c3c([o+]2)CCCC3)cc1. The predicted octanol–water partition coefficient (Wildman–Crippen LogP) is 4.84. The molecule has 1 aromatic carbocycles. The molecule has 0 bridgehead atoms. The highest BCUT2D eigenvalue weighted by Crippen LogP contribution is 2.35. The Labute approximate surface area is 124 Å². The maximum atomic E-state index is 6.15. The minimum Gasteiger partial charge on any atom is -0.497 e. The van der Waals surface area contributed by atoms with Gasteiger partial charge in [-0.3, -0.25) is 0 Å². The molecule has 2 nitrogen and oxygen atoms in total. The summed E-state index contributed by atoms with van der Waals surface area (Å²) in [6.07, 6.45) is 6.86. The maximum absolute atomic E-state index is 6.15. The van der Waals surface area contributed by atoms with Crippen molar-refractivity contribution in [2.24, 2.45) is 0 Å². The van der Waals surface area contributed by atoms with Crippen LogP contribution in [0.25, 0.3) is 11.3 Å². The third-order valence-electron chi connectivity index (χ3n) is 3.80. The lowest BCUT2D eigenvalue weighted by Gasteiger charge is -2.11. The molecule has 0 unspecified atom stereocenters. The normalized spacial score (nSPS) is 13.9. The zero-order chi connectivity index (χ0) is 13.9. The molecule has 104 valence electrons. The van der Waals surface area contributed by atoms with E-state index in [0.717, 1.165) is 29.9 Å². The van der Waals surface area contributed by atoms with Gasteiger partial charge in [0.1, 0.15) is 5.75 Å². The van der Waals surface area contributed by atoms with Crippen LogP contribution in [0.15, 0.2) is 39.6 Å². The summed E-state index contributed by atoms with van der Waals surface area (Å²) < 4.78 is 11.4. The summed E-state index contributed by atoms with van der Waals surface area (Å²) in [5.74, 6) is 3.00. The molecule has 0 saturated carbocycles. The summed E-state index contributed by atoms with van der Waals surface area (Å²) in [5.41, 5.74) is 2.52. The molecule has 2 aromatic rings. The monoisotopic (exact) mass is 287 g/mol. The van der Waals surface area contributed by atoms with Crippen molar-refractivity contribution in [2.75, 3.05) is 13.4 Å². The Kier molecular flexibility index (Phi) is 3.97. The van der Waals surface area contributed by atoms with Crippen LogP contribution in [0, 0.1) is 0 Å². The average molecular weight is 287 g/mol. The Hall–Kier alpha value is -1.48. The molecule has 0 spiro atoms. The fourth-order valence-corrected chi connectivity index (χ4v) is 3.39. The largest absolute Gasteiger partial charge is 0.497 e. The first-order chi connectivity index (χ1) is 9.81. The van der Waals surface area contributed by atoms with Crippen LogP contribution in [0.1, 0.15) is 24.2 Å². The summed E-state index contributed by atoms with van der Waals surface area (Å²) in [6, 6.07) is 10.2. The lowest BCUT2D eigenvalue weighted by atomic mass is 9.96. The number of fused-ring (bicyclic) bond motifs is 1. The lowest BCUT2D eigenvalue weighted by Crippen LogP contribution is -2.04. The van der Waals surface area contributed by atoms with E-state index in [-0.39, 0.29) is 0 Å². The van der Waals surface area contributed by atoms with Gasteiger partial charge in [0.2, 0.25) is 0 Å². The van der Waals surface area contributed by atoms with Crippen molar-refractivity contribution in [3.8, 4) is 17.1 Å². The molecule has 1 aromatic heterocycles. The molecule has 0 amide bonds. The van der Waals surface area contributed by atoms with Gasteiger partial charge in [0, 0.05) is 4.90 Å². The number of hydrogen-bond acceptors (Lipinski definition) is 2. The van der Waals surface area contributed by atoms with E-state index in [2.05, 4.69) is 24.5 Å². The first-order valence-corrected chi connectivity index (χ1v) is 8.21. The summed E-state index contributed by atoms with van der Waals surface area (Å²) in [4.78, 5) is 1.36. The van der Waals surface area contributed by atoms with Crippen molar-refractivity contribution in [1.29, 1.82) is 0 Å². The van der Waals surface area contributed by atoms with Gasteiger partial charge >= 0.3 is 11.5 Å². The second kappa shape index (κ2) is 5.88. The van der Waals surface area contributed by atoms with Crippen LogP contribution in [-0.2, 0) is 12.8 Å². The van der Waals surface area contributed by atoms with Crippen molar-refractivity contribution in [3.05, 3.63) is 41.7 Å². The second-order valence-electron chi connectivity index (χ2n) is 5.02. The molecule has 1 aliphatic carbocycles. The van der Waals surface area contributed by atoms with Gasteiger partial charge in [-0.1, -0.05) is 0 Å². The van der Waals surface area contributed by atoms with Crippen LogP contribution in [0.2, 0.25) is 0 Å². The highest BCUT2D eigenvalue weighted by Gasteiger charge is 2.26. The molecule has 0 radical (unpaired) electrons. The van der Waals surface area contributed by atoms with E-state index in [0.29, 0.717) is 0 Å². The van der Waals surface area contributed by atoms with Crippen LogP contribution >= 0.6 is 11.8 Å². The van der Waals surface area contributed by atoms with Gasteiger partial charge in [0.15, 0.2) is 0 Å². The Bertz CT molecular complexity index is 588. The average Bonchev–Trinajstić information content (AvgIpc) is 2.54. The van der Waals surface area contributed by atoms with Gasteiger partial charge < -0.3 is 4.74 Å². The van der Waals surface area contributed by atoms with Crippen LogP contribution in [0.4, 0.5) is 0 Å². The van der Waals surface area contributed by atoms with E-state index in [1.165, 1.54) is 29.1 Å². The van der Waals surface area contributed by atoms with Gasteiger partial charge in [0.05, 0.1) is 30.7 Å². The molecule has 20 heavy (non-hydrogen) atoms. The molecule has 3 heteroatoms.